The van der Waals surface area contributed by atoms with Crippen molar-refractivity contribution in [3.8, 4) is 0 Å². The molecule has 4 aliphatic rings. The number of hydrogen-bond donors (Lipinski definition) is 2. The van der Waals surface area contributed by atoms with Crippen LogP contribution in [0.3, 0.4) is 0 Å². The van der Waals surface area contributed by atoms with E-state index in [0.29, 0.717) is 6.04 Å². The molecule has 5 rings (SSSR count). The molecule has 4 aliphatic carbocycles. The van der Waals surface area contributed by atoms with E-state index in [2.05, 4.69) is 15.1 Å². The molecule has 0 atom stereocenters. The second-order valence-electron chi connectivity index (χ2n) is 6.57. The van der Waals surface area contributed by atoms with Gasteiger partial charge >= 0.3 is 0 Å². The zero-order valence-corrected chi connectivity index (χ0v) is 11.0. The third-order valence-electron chi connectivity index (χ3n) is 5.48. The summed E-state index contributed by atoms with van der Waals surface area (Å²) in [5.41, 5.74) is 6.16. The van der Waals surface area contributed by atoms with Crippen molar-refractivity contribution in [3.63, 3.8) is 0 Å². The molecule has 1 heterocycles. The maximum absolute atomic E-state index is 6.16. The van der Waals surface area contributed by atoms with E-state index in [0.717, 1.165) is 35.3 Å². The topological polar surface area (TPSA) is 55.9 Å². The van der Waals surface area contributed by atoms with E-state index in [1.54, 1.807) is 0 Å². The molecular weight excluding hydrogens is 224 g/mol. The highest BCUT2D eigenvalue weighted by atomic mass is 15.4. The molecule has 1 aromatic heterocycles. The lowest BCUT2D eigenvalue weighted by Crippen LogP contribution is -2.46. The van der Waals surface area contributed by atoms with E-state index in [1.165, 1.54) is 32.1 Å². The fourth-order valence-corrected chi connectivity index (χ4v) is 5.07. The Bertz CT molecular complexity index is 436. The lowest BCUT2D eigenvalue weighted by atomic mass is 9.54. The van der Waals surface area contributed by atoms with Crippen molar-refractivity contribution < 1.29 is 0 Å². The van der Waals surface area contributed by atoms with Gasteiger partial charge in [-0.05, 0) is 55.8 Å². The summed E-state index contributed by atoms with van der Waals surface area (Å²) in [6.45, 7) is 0. The average molecular weight is 246 g/mol. The van der Waals surface area contributed by atoms with E-state index < -0.39 is 0 Å². The molecule has 4 fully saturated rings. The summed E-state index contributed by atoms with van der Waals surface area (Å²) in [6, 6.07) is 2.53. The first-order valence-corrected chi connectivity index (χ1v) is 7.27. The minimum absolute atomic E-state index is 0.569. The Morgan fingerprint density at radius 1 is 1.17 bits per heavy atom. The van der Waals surface area contributed by atoms with Gasteiger partial charge in [0.05, 0.1) is 6.04 Å². The first kappa shape index (κ1) is 10.7. The summed E-state index contributed by atoms with van der Waals surface area (Å²) in [5.74, 6) is 5.40. The quantitative estimate of drug-likeness (QED) is 0.843. The van der Waals surface area contributed by atoms with Crippen LogP contribution in [0.2, 0.25) is 0 Å². The van der Waals surface area contributed by atoms with Crippen LogP contribution in [0.5, 0.6) is 0 Å². The number of nitrogens with two attached hydrogens (primary N) is 1. The standard InChI is InChI=1S/C14H22N4/c1-16-13-7-12(15)18(17-13)14-10-3-8-2-9(5-10)6-11(14)4-8/h7-11,14H,2-6,15H2,1H3,(H,16,17). The van der Waals surface area contributed by atoms with Gasteiger partial charge in [-0.1, -0.05) is 0 Å². The van der Waals surface area contributed by atoms with E-state index in [1.807, 2.05) is 13.1 Å². The van der Waals surface area contributed by atoms with Gasteiger partial charge in [0, 0.05) is 13.1 Å². The first-order valence-electron chi connectivity index (χ1n) is 7.27. The van der Waals surface area contributed by atoms with Crippen LogP contribution in [0.1, 0.15) is 38.1 Å². The Balaban J connectivity index is 1.69. The number of anilines is 2. The van der Waals surface area contributed by atoms with Crippen LogP contribution >= 0.6 is 0 Å². The Morgan fingerprint density at radius 2 is 1.78 bits per heavy atom. The molecule has 0 amide bonds. The second-order valence-corrected chi connectivity index (χ2v) is 6.57. The van der Waals surface area contributed by atoms with Crippen LogP contribution in [-0.2, 0) is 0 Å². The molecule has 1 aromatic rings. The lowest BCUT2D eigenvalue weighted by molar-refractivity contribution is -0.0326. The van der Waals surface area contributed by atoms with Crippen LogP contribution in [0.25, 0.3) is 0 Å². The number of nitrogens with one attached hydrogen (secondary N) is 1. The molecule has 0 aromatic carbocycles. The highest BCUT2D eigenvalue weighted by Gasteiger charge is 2.49. The number of hydrogen-bond acceptors (Lipinski definition) is 3. The zero-order valence-electron chi connectivity index (χ0n) is 11.0. The van der Waals surface area contributed by atoms with Gasteiger partial charge in [-0.3, -0.25) is 0 Å². The predicted octanol–water partition coefficient (Wildman–Crippen LogP) is 2.50. The SMILES string of the molecule is CNc1cc(N)n(C2C3CC4CC(C3)CC2C4)n1. The lowest BCUT2D eigenvalue weighted by Gasteiger charge is -2.54. The Labute approximate surface area is 108 Å². The second kappa shape index (κ2) is 3.65. The summed E-state index contributed by atoms with van der Waals surface area (Å²) in [7, 11) is 1.91. The molecule has 3 N–H and O–H groups in total. The Kier molecular flexibility index (Phi) is 2.17. The minimum Gasteiger partial charge on any atom is -0.384 e. The van der Waals surface area contributed by atoms with Gasteiger partial charge in [0.25, 0.3) is 0 Å². The maximum Gasteiger partial charge on any atom is 0.149 e. The molecular formula is C14H22N4. The van der Waals surface area contributed by atoms with Crippen molar-refractivity contribution in [2.75, 3.05) is 18.1 Å². The number of rotatable bonds is 2. The van der Waals surface area contributed by atoms with Gasteiger partial charge in [-0.15, -0.1) is 0 Å². The van der Waals surface area contributed by atoms with Crippen LogP contribution in [0.15, 0.2) is 6.07 Å². The first-order chi connectivity index (χ1) is 8.74. The monoisotopic (exact) mass is 246 g/mol. The van der Waals surface area contributed by atoms with Crippen molar-refractivity contribution in [2.45, 2.75) is 38.1 Å². The molecule has 4 saturated carbocycles. The largest absolute Gasteiger partial charge is 0.384 e. The molecule has 4 heteroatoms. The zero-order chi connectivity index (χ0) is 12.3. The molecule has 98 valence electrons. The molecule has 0 aliphatic heterocycles. The van der Waals surface area contributed by atoms with Crippen molar-refractivity contribution in [1.82, 2.24) is 9.78 Å². The van der Waals surface area contributed by atoms with Crippen molar-refractivity contribution in [2.24, 2.45) is 23.7 Å². The molecule has 18 heavy (non-hydrogen) atoms. The van der Waals surface area contributed by atoms with Crippen molar-refractivity contribution in [3.05, 3.63) is 6.07 Å². The number of nitrogen functional groups attached to an aromatic ring is 1. The van der Waals surface area contributed by atoms with Gasteiger partial charge in [0.15, 0.2) is 0 Å². The smallest absolute Gasteiger partial charge is 0.149 e. The summed E-state index contributed by atoms with van der Waals surface area (Å²) in [6.07, 6.45) is 7.13. The molecule has 0 spiro atoms. The average Bonchev–Trinajstić information content (AvgIpc) is 2.69. The van der Waals surface area contributed by atoms with E-state index in [-0.39, 0.29) is 0 Å². The third-order valence-corrected chi connectivity index (χ3v) is 5.48. The van der Waals surface area contributed by atoms with Gasteiger partial charge in [-0.2, -0.15) is 5.10 Å². The molecule has 4 nitrogen and oxygen atoms in total. The highest BCUT2D eigenvalue weighted by molar-refractivity contribution is 5.45. The highest BCUT2D eigenvalue weighted by Crippen LogP contribution is 2.58. The van der Waals surface area contributed by atoms with Crippen molar-refractivity contribution in [1.29, 1.82) is 0 Å². The normalized spacial score (nSPS) is 41.3. The predicted molar refractivity (Wildman–Crippen MR) is 72.3 cm³/mol. The van der Waals surface area contributed by atoms with Crippen LogP contribution in [0.4, 0.5) is 11.6 Å². The van der Waals surface area contributed by atoms with Crippen LogP contribution in [0, 0.1) is 23.7 Å². The fraction of sp³-hybridized carbons (Fsp3) is 0.786. The third kappa shape index (κ3) is 1.41. The molecule has 0 saturated heterocycles. The minimum atomic E-state index is 0.569. The summed E-state index contributed by atoms with van der Waals surface area (Å²) in [5, 5.41) is 7.75. The molecule has 0 unspecified atom stereocenters. The van der Waals surface area contributed by atoms with E-state index in [9.17, 15) is 0 Å². The van der Waals surface area contributed by atoms with Gasteiger partial charge in [-0.25, -0.2) is 4.68 Å². The van der Waals surface area contributed by atoms with Crippen LogP contribution in [-0.4, -0.2) is 16.8 Å². The number of nitrogens with zero attached hydrogens (tertiary/aromatic N) is 2. The summed E-state index contributed by atoms with van der Waals surface area (Å²) in [4.78, 5) is 0. The fourth-order valence-electron chi connectivity index (χ4n) is 5.07. The summed E-state index contributed by atoms with van der Waals surface area (Å²) < 4.78 is 2.12. The molecule has 0 radical (unpaired) electrons. The van der Waals surface area contributed by atoms with E-state index >= 15 is 0 Å². The Hall–Kier alpha value is -1.19. The van der Waals surface area contributed by atoms with Gasteiger partial charge < -0.3 is 11.1 Å². The van der Waals surface area contributed by atoms with Gasteiger partial charge in [0.1, 0.15) is 11.6 Å². The molecule has 4 bridgehead atoms. The van der Waals surface area contributed by atoms with E-state index in [4.69, 9.17) is 5.73 Å². The van der Waals surface area contributed by atoms with Gasteiger partial charge in [0.2, 0.25) is 0 Å². The Morgan fingerprint density at radius 3 is 2.28 bits per heavy atom. The number of aromatic nitrogens is 2. The summed E-state index contributed by atoms with van der Waals surface area (Å²) >= 11 is 0. The maximum atomic E-state index is 6.16. The van der Waals surface area contributed by atoms with Crippen molar-refractivity contribution >= 4 is 11.6 Å². The van der Waals surface area contributed by atoms with Crippen LogP contribution < -0.4 is 11.1 Å².